The minimum atomic E-state index is -3.34. The van der Waals surface area contributed by atoms with Crippen molar-refractivity contribution in [3.8, 4) is 0 Å². The van der Waals surface area contributed by atoms with Gasteiger partial charge in [-0.05, 0) is 24.5 Å². The fraction of sp³-hybridized carbons (Fsp3) is 0.632. The molecule has 0 radical (unpaired) electrons. The zero-order valence-electron chi connectivity index (χ0n) is 15.5. The lowest BCUT2D eigenvalue weighted by molar-refractivity contribution is 0.0652. The van der Waals surface area contributed by atoms with Gasteiger partial charge in [0.1, 0.15) is 5.25 Å². The molecule has 1 aromatic carbocycles. The Balaban J connectivity index is 1.27. The first-order valence-electron chi connectivity index (χ1n) is 9.67. The van der Waals surface area contributed by atoms with E-state index >= 15 is 0 Å². The minimum Gasteiger partial charge on any atom is -0.381 e. The highest BCUT2D eigenvalue weighted by Crippen LogP contribution is 2.23. The average molecular weight is 394 g/mol. The van der Waals surface area contributed by atoms with Gasteiger partial charge in [0.2, 0.25) is 10.0 Å². The van der Waals surface area contributed by atoms with Crippen LogP contribution in [0.1, 0.15) is 16.8 Å². The summed E-state index contributed by atoms with van der Waals surface area (Å²) in [6, 6.07) is 9.02. The molecule has 3 fully saturated rings. The van der Waals surface area contributed by atoms with Crippen molar-refractivity contribution in [3.63, 3.8) is 0 Å². The maximum atomic E-state index is 12.9. The molecule has 3 aliphatic rings. The Kier molecular flexibility index (Phi) is 5.50. The van der Waals surface area contributed by atoms with Gasteiger partial charge < -0.3 is 14.5 Å². The van der Waals surface area contributed by atoms with Crippen molar-refractivity contribution >= 4 is 15.9 Å². The van der Waals surface area contributed by atoms with Crippen LogP contribution in [0.25, 0.3) is 0 Å². The molecule has 4 rings (SSSR count). The largest absolute Gasteiger partial charge is 0.381 e. The smallest absolute Gasteiger partial charge is 0.253 e. The Labute approximate surface area is 160 Å². The van der Waals surface area contributed by atoms with Crippen molar-refractivity contribution < 1.29 is 17.9 Å². The standard InChI is InChI=1S/C19H27N3O4S/c23-19(17-4-2-1-3-5-17)21-13-18(14-21)27(24,25)22-9-7-20(8-10-22)12-16-6-11-26-15-16/h1-5,16,18H,6-15H2/t16-/m0/s1. The average Bonchev–Trinajstić information content (AvgIpc) is 3.14. The number of likely N-dealkylation sites (tertiary alicyclic amines) is 1. The van der Waals surface area contributed by atoms with Crippen LogP contribution in [-0.2, 0) is 14.8 Å². The van der Waals surface area contributed by atoms with Crippen LogP contribution in [0.4, 0.5) is 0 Å². The van der Waals surface area contributed by atoms with Crippen molar-refractivity contribution in [2.75, 3.05) is 59.0 Å². The molecule has 1 amide bonds. The SMILES string of the molecule is O=C(c1ccccc1)N1CC(S(=O)(=O)N2CCN(C[C@@H]3CCOC3)CC2)C1. The van der Waals surface area contributed by atoms with E-state index in [1.54, 1.807) is 21.3 Å². The molecule has 0 aromatic heterocycles. The van der Waals surface area contributed by atoms with Crippen LogP contribution in [0.5, 0.6) is 0 Å². The summed E-state index contributed by atoms with van der Waals surface area (Å²) in [5.41, 5.74) is 0.609. The summed E-state index contributed by atoms with van der Waals surface area (Å²) in [6.07, 6.45) is 1.10. The Morgan fingerprint density at radius 2 is 1.78 bits per heavy atom. The van der Waals surface area contributed by atoms with Crippen LogP contribution in [0.3, 0.4) is 0 Å². The Hall–Kier alpha value is -1.48. The van der Waals surface area contributed by atoms with Crippen LogP contribution in [0, 0.1) is 5.92 Å². The molecule has 0 aliphatic carbocycles. The lowest BCUT2D eigenvalue weighted by atomic mass is 10.1. The zero-order valence-corrected chi connectivity index (χ0v) is 16.3. The highest BCUT2D eigenvalue weighted by atomic mass is 32.2. The predicted octanol–water partition coefficient (Wildman–Crippen LogP) is 0.495. The third-order valence-corrected chi connectivity index (χ3v) is 8.03. The summed E-state index contributed by atoms with van der Waals surface area (Å²) in [7, 11) is -3.34. The second kappa shape index (κ2) is 7.87. The number of ether oxygens (including phenoxy) is 1. The summed E-state index contributed by atoms with van der Waals surface area (Å²) in [6.45, 7) is 5.87. The molecule has 1 atom stereocenters. The molecule has 27 heavy (non-hydrogen) atoms. The minimum absolute atomic E-state index is 0.0920. The van der Waals surface area contributed by atoms with Gasteiger partial charge in [0.15, 0.2) is 0 Å². The molecular formula is C19H27N3O4S. The van der Waals surface area contributed by atoms with E-state index in [0.29, 0.717) is 24.6 Å². The maximum Gasteiger partial charge on any atom is 0.253 e. The fourth-order valence-electron chi connectivity index (χ4n) is 4.03. The lowest BCUT2D eigenvalue weighted by Gasteiger charge is -2.43. The van der Waals surface area contributed by atoms with Crippen molar-refractivity contribution in [3.05, 3.63) is 35.9 Å². The molecule has 3 heterocycles. The molecule has 148 valence electrons. The molecule has 3 saturated heterocycles. The van der Waals surface area contributed by atoms with Crippen molar-refractivity contribution in [2.24, 2.45) is 5.92 Å². The third-order valence-electron chi connectivity index (χ3n) is 5.81. The van der Waals surface area contributed by atoms with Gasteiger partial charge in [-0.25, -0.2) is 8.42 Å². The van der Waals surface area contributed by atoms with E-state index in [1.807, 2.05) is 18.2 Å². The number of amides is 1. The molecule has 0 unspecified atom stereocenters. The molecule has 1 aromatic rings. The Morgan fingerprint density at radius 3 is 2.41 bits per heavy atom. The van der Waals surface area contributed by atoms with Crippen LogP contribution < -0.4 is 0 Å². The van der Waals surface area contributed by atoms with E-state index in [0.717, 1.165) is 39.3 Å². The van der Waals surface area contributed by atoms with E-state index in [1.165, 1.54) is 0 Å². The molecule has 0 saturated carbocycles. The van der Waals surface area contributed by atoms with Gasteiger partial charge in [-0.3, -0.25) is 4.79 Å². The Bertz CT molecular complexity index is 750. The van der Waals surface area contributed by atoms with Crippen LogP contribution >= 0.6 is 0 Å². The number of benzene rings is 1. The molecular weight excluding hydrogens is 366 g/mol. The molecule has 0 N–H and O–H groups in total. The topological polar surface area (TPSA) is 70.2 Å². The van der Waals surface area contributed by atoms with E-state index < -0.39 is 15.3 Å². The quantitative estimate of drug-likeness (QED) is 0.728. The summed E-state index contributed by atoms with van der Waals surface area (Å²) in [5, 5.41) is -0.472. The first-order chi connectivity index (χ1) is 13.0. The van der Waals surface area contributed by atoms with Crippen molar-refractivity contribution in [2.45, 2.75) is 11.7 Å². The van der Waals surface area contributed by atoms with E-state index in [4.69, 9.17) is 4.74 Å². The van der Waals surface area contributed by atoms with E-state index in [-0.39, 0.29) is 19.0 Å². The molecule has 3 aliphatic heterocycles. The monoisotopic (exact) mass is 393 g/mol. The highest BCUT2D eigenvalue weighted by molar-refractivity contribution is 7.89. The maximum absolute atomic E-state index is 12.9. The van der Waals surface area contributed by atoms with Crippen LogP contribution in [-0.4, -0.2) is 92.7 Å². The number of hydrogen-bond donors (Lipinski definition) is 0. The number of piperazine rings is 1. The van der Waals surface area contributed by atoms with Gasteiger partial charge in [-0.1, -0.05) is 18.2 Å². The summed E-state index contributed by atoms with van der Waals surface area (Å²) < 4.78 is 32.8. The first kappa shape index (κ1) is 18.9. The number of nitrogens with zero attached hydrogens (tertiary/aromatic N) is 3. The zero-order chi connectivity index (χ0) is 18.9. The molecule has 8 heteroatoms. The summed E-state index contributed by atoms with van der Waals surface area (Å²) in [5.74, 6) is 0.489. The first-order valence-corrected chi connectivity index (χ1v) is 11.2. The van der Waals surface area contributed by atoms with Gasteiger partial charge in [-0.2, -0.15) is 4.31 Å². The fourth-order valence-corrected chi connectivity index (χ4v) is 5.86. The third kappa shape index (κ3) is 4.03. The molecule has 0 bridgehead atoms. The second-order valence-corrected chi connectivity index (χ2v) is 9.89. The van der Waals surface area contributed by atoms with Crippen molar-refractivity contribution in [1.29, 1.82) is 0 Å². The van der Waals surface area contributed by atoms with Gasteiger partial charge in [0, 0.05) is 58.0 Å². The van der Waals surface area contributed by atoms with E-state index in [2.05, 4.69) is 4.90 Å². The number of carbonyl (C=O) groups excluding carboxylic acids is 1. The number of sulfonamides is 1. The summed E-state index contributed by atoms with van der Waals surface area (Å²) >= 11 is 0. The number of rotatable bonds is 5. The van der Waals surface area contributed by atoms with E-state index in [9.17, 15) is 13.2 Å². The molecule has 7 nitrogen and oxygen atoms in total. The molecule has 0 spiro atoms. The predicted molar refractivity (Wildman–Crippen MR) is 102 cm³/mol. The van der Waals surface area contributed by atoms with Crippen molar-refractivity contribution in [1.82, 2.24) is 14.1 Å². The lowest BCUT2D eigenvalue weighted by Crippen LogP contribution is -2.62. The van der Waals surface area contributed by atoms with Crippen LogP contribution in [0.2, 0.25) is 0 Å². The highest BCUT2D eigenvalue weighted by Gasteiger charge is 2.43. The van der Waals surface area contributed by atoms with Gasteiger partial charge >= 0.3 is 0 Å². The number of hydrogen-bond acceptors (Lipinski definition) is 5. The second-order valence-electron chi connectivity index (χ2n) is 7.67. The normalized spacial score (nSPS) is 25.5. The van der Waals surface area contributed by atoms with Gasteiger partial charge in [0.25, 0.3) is 5.91 Å². The van der Waals surface area contributed by atoms with Gasteiger partial charge in [-0.15, -0.1) is 0 Å². The Morgan fingerprint density at radius 1 is 1.07 bits per heavy atom. The van der Waals surface area contributed by atoms with Crippen LogP contribution in [0.15, 0.2) is 30.3 Å². The van der Waals surface area contributed by atoms with Gasteiger partial charge in [0.05, 0.1) is 6.61 Å². The number of carbonyl (C=O) groups is 1. The summed E-state index contributed by atoms with van der Waals surface area (Å²) in [4.78, 5) is 16.3.